The van der Waals surface area contributed by atoms with Crippen LogP contribution < -0.4 is 15.4 Å². The normalized spacial score (nSPS) is 14.2. The molecule has 21 heavy (non-hydrogen) atoms. The zero-order valence-electron chi connectivity index (χ0n) is 11.1. The predicted molar refractivity (Wildman–Crippen MR) is 74.6 cm³/mol. The number of halogens is 4. The average molecular weight is 325 g/mol. The summed E-state index contributed by atoms with van der Waals surface area (Å²) in [6.07, 6.45) is -2.30. The monoisotopic (exact) mass is 324 g/mol. The van der Waals surface area contributed by atoms with Crippen molar-refractivity contribution in [2.24, 2.45) is 5.92 Å². The average Bonchev–Trinajstić information content (AvgIpc) is 3.14. The van der Waals surface area contributed by atoms with Crippen LogP contribution in [0, 0.1) is 5.92 Å². The maximum Gasteiger partial charge on any atom is 0.573 e. The Hall–Kier alpha value is -1.47. The minimum Gasteiger partial charge on any atom is -0.406 e. The van der Waals surface area contributed by atoms with Crippen LogP contribution >= 0.6 is 12.4 Å². The standard InChI is InChI=1S/C13H15F3N2O2.ClH/c14-13(15,16)20-11-5-3-10(4-6-11)18-12(19)8-17-7-9-1-2-9;/h3-6,9,17H,1-2,7-8H2,(H,18,19);1H. The molecule has 4 nitrogen and oxygen atoms in total. The summed E-state index contributed by atoms with van der Waals surface area (Å²) >= 11 is 0. The SMILES string of the molecule is Cl.O=C(CNCC1CC1)Nc1ccc(OC(F)(F)F)cc1. The molecule has 1 amide bonds. The number of hydrogen-bond acceptors (Lipinski definition) is 3. The molecule has 0 aromatic heterocycles. The van der Waals surface area contributed by atoms with Crippen molar-refractivity contribution in [1.29, 1.82) is 0 Å². The fraction of sp³-hybridized carbons (Fsp3) is 0.462. The zero-order valence-corrected chi connectivity index (χ0v) is 11.9. The lowest BCUT2D eigenvalue weighted by Gasteiger charge is -2.10. The second-order valence-corrected chi connectivity index (χ2v) is 4.69. The Kier molecular flexibility index (Phi) is 6.29. The van der Waals surface area contributed by atoms with Crippen LogP contribution in [0.2, 0.25) is 0 Å². The third-order valence-corrected chi connectivity index (χ3v) is 2.79. The van der Waals surface area contributed by atoms with Gasteiger partial charge in [-0.25, -0.2) is 0 Å². The molecule has 1 aromatic rings. The highest BCUT2D eigenvalue weighted by Crippen LogP contribution is 2.27. The van der Waals surface area contributed by atoms with E-state index in [1.54, 1.807) is 0 Å². The molecule has 2 N–H and O–H groups in total. The molecule has 1 saturated carbocycles. The third kappa shape index (κ3) is 7.19. The van der Waals surface area contributed by atoms with Gasteiger partial charge in [0.2, 0.25) is 5.91 Å². The van der Waals surface area contributed by atoms with Gasteiger partial charge in [0, 0.05) is 5.69 Å². The molecule has 0 unspecified atom stereocenters. The lowest BCUT2D eigenvalue weighted by molar-refractivity contribution is -0.274. The number of benzene rings is 1. The number of carbonyl (C=O) groups is 1. The van der Waals surface area contributed by atoms with Crippen molar-refractivity contribution >= 4 is 24.0 Å². The summed E-state index contributed by atoms with van der Waals surface area (Å²) in [4.78, 5) is 11.5. The molecule has 118 valence electrons. The summed E-state index contributed by atoms with van der Waals surface area (Å²) in [5.74, 6) is 0.138. The van der Waals surface area contributed by atoms with E-state index in [9.17, 15) is 18.0 Å². The highest BCUT2D eigenvalue weighted by atomic mass is 35.5. The van der Waals surface area contributed by atoms with Gasteiger partial charge in [-0.2, -0.15) is 0 Å². The van der Waals surface area contributed by atoms with E-state index in [0.29, 0.717) is 11.6 Å². The van der Waals surface area contributed by atoms with Crippen LogP contribution in [0.3, 0.4) is 0 Å². The molecule has 0 bridgehead atoms. The topological polar surface area (TPSA) is 50.4 Å². The first-order valence-electron chi connectivity index (χ1n) is 6.29. The Balaban J connectivity index is 0.00000220. The smallest absolute Gasteiger partial charge is 0.406 e. The van der Waals surface area contributed by atoms with Crippen molar-refractivity contribution in [2.75, 3.05) is 18.4 Å². The molecule has 0 saturated heterocycles. The van der Waals surface area contributed by atoms with Gasteiger partial charge in [0.25, 0.3) is 0 Å². The summed E-state index contributed by atoms with van der Waals surface area (Å²) in [5, 5.41) is 5.61. The summed E-state index contributed by atoms with van der Waals surface area (Å²) in [5.41, 5.74) is 0.428. The number of ether oxygens (including phenoxy) is 1. The summed E-state index contributed by atoms with van der Waals surface area (Å²) < 4.78 is 39.6. The van der Waals surface area contributed by atoms with E-state index >= 15 is 0 Å². The molecule has 0 aliphatic heterocycles. The van der Waals surface area contributed by atoms with E-state index in [1.807, 2.05) is 0 Å². The maximum absolute atomic E-state index is 12.0. The van der Waals surface area contributed by atoms with E-state index in [-0.39, 0.29) is 30.6 Å². The first-order valence-corrected chi connectivity index (χ1v) is 6.29. The number of hydrogen-bond donors (Lipinski definition) is 2. The number of anilines is 1. The molecule has 1 aliphatic rings. The van der Waals surface area contributed by atoms with Crippen LogP contribution in [0.1, 0.15) is 12.8 Å². The van der Waals surface area contributed by atoms with Crippen molar-refractivity contribution < 1.29 is 22.7 Å². The molecule has 0 spiro atoms. The minimum atomic E-state index is -4.71. The van der Waals surface area contributed by atoms with E-state index in [2.05, 4.69) is 15.4 Å². The highest BCUT2D eigenvalue weighted by molar-refractivity contribution is 5.92. The van der Waals surface area contributed by atoms with Gasteiger partial charge in [0.1, 0.15) is 5.75 Å². The predicted octanol–water partition coefficient (Wildman–Crippen LogP) is 2.95. The fourth-order valence-electron chi connectivity index (χ4n) is 1.66. The van der Waals surface area contributed by atoms with E-state index < -0.39 is 6.36 Å². The quantitative estimate of drug-likeness (QED) is 0.846. The van der Waals surface area contributed by atoms with Gasteiger partial charge in [-0.05, 0) is 49.6 Å². The summed E-state index contributed by atoms with van der Waals surface area (Å²) in [7, 11) is 0. The lowest BCUT2D eigenvalue weighted by atomic mass is 10.3. The van der Waals surface area contributed by atoms with Crippen LogP contribution in [0.15, 0.2) is 24.3 Å². The van der Waals surface area contributed by atoms with E-state index in [4.69, 9.17) is 0 Å². The molecule has 1 fully saturated rings. The van der Waals surface area contributed by atoms with Gasteiger partial charge in [0.05, 0.1) is 6.54 Å². The number of amides is 1. The first kappa shape index (κ1) is 17.6. The molecule has 0 radical (unpaired) electrons. The Labute approximate surface area is 126 Å². The largest absolute Gasteiger partial charge is 0.573 e. The van der Waals surface area contributed by atoms with Crippen LogP contribution in [0.25, 0.3) is 0 Å². The second kappa shape index (κ2) is 7.51. The molecule has 8 heteroatoms. The lowest BCUT2D eigenvalue weighted by Crippen LogP contribution is -2.29. The molecule has 2 rings (SSSR count). The Bertz CT molecular complexity index is 461. The van der Waals surface area contributed by atoms with Gasteiger partial charge in [-0.15, -0.1) is 25.6 Å². The molecule has 0 heterocycles. The van der Waals surface area contributed by atoms with Crippen molar-refractivity contribution in [1.82, 2.24) is 5.32 Å². The van der Waals surface area contributed by atoms with Gasteiger partial charge in [-0.1, -0.05) is 0 Å². The fourth-order valence-corrected chi connectivity index (χ4v) is 1.66. The molecule has 1 aromatic carbocycles. The zero-order chi connectivity index (χ0) is 14.6. The maximum atomic E-state index is 12.0. The van der Waals surface area contributed by atoms with Crippen molar-refractivity contribution in [3.63, 3.8) is 0 Å². The Morgan fingerprint density at radius 2 is 1.86 bits per heavy atom. The highest BCUT2D eigenvalue weighted by Gasteiger charge is 2.30. The summed E-state index contributed by atoms with van der Waals surface area (Å²) in [6.45, 7) is 1.02. The minimum absolute atomic E-state index is 0. The van der Waals surface area contributed by atoms with Crippen LogP contribution in [0.5, 0.6) is 5.75 Å². The number of rotatable bonds is 6. The van der Waals surface area contributed by atoms with E-state index in [0.717, 1.165) is 18.7 Å². The number of nitrogens with one attached hydrogen (secondary N) is 2. The van der Waals surface area contributed by atoms with Gasteiger partial charge in [-0.3, -0.25) is 4.79 Å². The van der Waals surface area contributed by atoms with Gasteiger partial charge in [0.15, 0.2) is 0 Å². The molecule has 0 atom stereocenters. The van der Waals surface area contributed by atoms with E-state index in [1.165, 1.54) is 25.0 Å². The Morgan fingerprint density at radius 1 is 1.24 bits per heavy atom. The summed E-state index contributed by atoms with van der Waals surface area (Å²) in [6, 6.07) is 5.03. The van der Waals surface area contributed by atoms with Gasteiger partial charge >= 0.3 is 6.36 Å². The van der Waals surface area contributed by atoms with Crippen molar-refractivity contribution in [2.45, 2.75) is 19.2 Å². The Morgan fingerprint density at radius 3 is 2.38 bits per heavy atom. The van der Waals surface area contributed by atoms with Gasteiger partial charge < -0.3 is 15.4 Å². The van der Waals surface area contributed by atoms with Crippen LogP contribution in [-0.4, -0.2) is 25.4 Å². The second-order valence-electron chi connectivity index (χ2n) is 4.69. The molecule has 1 aliphatic carbocycles. The third-order valence-electron chi connectivity index (χ3n) is 2.79. The molecular formula is C13H16ClF3N2O2. The first-order chi connectivity index (χ1) is 9.42. The number of alkyl halides is 3. The van der Waals surface area contributed by atoms with Crippen molar-refractivity contribution in [3.05, 3.63) is 24.3 Å². The molecular weight excluding hydrogens is 309 g/mol. The van der Waals surface area contributed by atoms with Crippen LogP contribution in [0.4, 0.5) is 18.9 Å². The van der Waals surface area contributed by atoms with Crippen molar-refractivity contribution in [3.8, 4) is 5.75 Å². The van der Waals surface area contributed by atoms with Crippen LogP contribution in [-0.2, 0) is 4.79 Å². The number of carbonyl (C=O) groups excluding carboxylic acids is 1.